The van der Waals surface area contributed by atoms with Crippen LogP contribution in [0.4, 0.5) is 18.9 Å². The Balaban J connectivity index is 1.44. The Labute approximate surface area is 250 Å². The molecule has 0 saturated carbocycles. The van der Waals surface area contributed by atoms with Crippen molar-refractivity contribution in [3.8, 4) is 0 Å². The van der Waals surface area contributed by atoms with Gasteiger partial charge in [0.1, 0.15) is 0 Å². The molecule has 5 rings (SSSR count). The third-order valence-electron chi connectivity index (χ3n) is 9.24. The first kappa shape index (κ1) is 30.6. The zero-order chi connectivity index (χ0) is 30.7. The van der Waals surface area contributed by atoms with E-state index in [9.17, 15) is 22.8 Å². The lowest BCUT2D eigenvalue weighted by atomic mass is 9.62. The third kappa shape index (κ3) is 5.75. The van der Waals surface area contributed by atoms with Gasteiger partial charge in [0.15, 0.2) is 0 Å². The maximum Gasteiger partial charge on any atom is 0.430 e. The van der Waals surface area contributed by atoms with Crippen LogP contribution in [0.5, 0.6) is 0 Å². The summed E-state index contributed by atoms with van der Waals surface area (Å²) in [6, 6.07) is 25.5. The van der Waals surface area contributed by atoms with Gasteiger partial charge in [-0.2, -0.15) is 13.2 Å². The number of methoxy groups -OCH3 is 1. The lowest BCUT2D eigenvalue weighted by Crippen LogP contribution is -2.60. The molecule has 2 fully saturated rings. The van der Waals surface area contributed by atoms with Crippen molar-refractivity contribution in [2.75, 3.05) is 38.2 Å². The summed E-state index contributed by atoms with van der Waals surface area (Å²) in [5.41, 5.74) is -0.492. The highest BCUT2D eigenvalue weighted by Crippen LogP contribution is 2.52. The van der Waals surface area contributed by atoms with Crippen molar-refractivity contribution in [1.29, 1.82) is 0 Å². The molecule has 43 heavy (non-hydrogen) atoms. The number of piperidine rings is 2. The van der Waals surface area contributed by atoms with Gasteiger partial charge in [-0.3, -0.25) is 9.59 Å². The molecule has 228 valence electrons. The number of anilines is 1. The average molecular weight is 594 g/mol. The van der Waals surface area contributed by atoms with E-state index >= 15 is 0 Å². The number of para-hydroxylation sites is 1. The molecule has 3 aromatic carbocycles. The molecule has 2 amide bonds. The third-order valence-corrected chi connectivity index (χ3v) is 9.24. The number of hydrogen-bond acceptors (Lipinski definition) is 4. The summed E-state index contributed by atoms with van der Waals surface area (Å²) >= 11 is 0. The second-order valence-corrected chi connectivity index (χ2v) is 11.5. The summed E-state index contributed by atoms with van der Waals surface area (Å²) in [4.78, 5) is 30.1. The highest BCUT2D eigenvalue weighted by molar-refractivity contribution is 5.88. The zero-order valence-corrected chi connectivity index (χ0v) is 24.6. The maximum atomic E-state index is 14.6. The van der Waals surface area contributed by atoms with Crippen molar-refractivity contribution in [3.05, 3.63) is 102 Å². The summed E-state index contributed by atoms with van der Waals surface area (Å²) in [6.07, 6.45) is -3.90. The number of ether oxygens (including phenoxy) is 1. The monoisotopic (exact) mass is 593 g/mol. The number of carbonyl (C=O) groups is 2. The Bertz CT molecular complexity index is 1410. The molecule has 9 heteroatoms. The highest BCUT2D eigenvalue weighted by atomic mass is 19.4. The summed E-state index contributed by atoms with van der Waals surface area (Å²) in [7, 11) is 0.928. The Kier molecular flexibility index (Phi) is 8.83. The van der Waals surface area contributed by atoms with Crippen LogP contribution in [0.1, 0.15) is 48.8 Å². The van der Waals surface area contributed by atoms with Crippen molar-refractivity contribution in [2.24, 2.45) is 5.41 Å². The number of likely N-dealkylation sites (tertiary alicyclic amines) is 1. The van der Waals surface area contributed by atoms with Crippen LogP contribution >= 0.6 is 0 Å². The summed E-state index contributed by atoms with van der Waals surface area (Å²) in [6.45, 7) is 4.23. The van der Waals surface area contributed by atoms with Gasteiger partial charge in [0, 0.05) is 63.4 Å². The van der Waals surface area contributed by atoms with Crippen molar-refractivity contribution in [2.45, 2.75) is 50.4 Å². The molecule has 6 nitrogen and oxygen atoms in total. The molecule has 0 aromatic heterocycles. The average Bonchev–Trinajstić information content (AvgIpc) is 3.01. The van der Waals surface area contributed by atoms with Crippen LogP contribution in [0.3, 0.4) is 0 Å². The van der Waals surface area contributed by atoms with Crippen molar-refractivity contribution < 1.29 is 27.5 Å². The normalized spacial score (nSPS) is 19.9. The zero-order valence-electron chi connectivity index (χ0n) is 24.6. The lowest BCUT2D eigenvalue weighted by Gasteiger charge is -2.50. The largest absolute Gasteiger partial charge is 0.430 e. The fourth-order valence-corrected chi connectivity index (χ4v) is 6.92. The molecule has 0 aliphatic carbocycles. The van der Waals surface area contributed by atoms with E-state index in [1.54, 1.807) is 6.07 Å². The molecule has 2 atom stereocenters. The number of amides is 2. The first-order chi connectivity index (χ1) is 20.6. The minimum Gasteiger partial charge on any atom is -0.367 e. The second-order valence-electron chi connectivity index (χ2n) is 11.5. The molecule has 2 aliphatic heterocycles. The van der Waals surface area contributed by atoms with Crippen LogP contribution in [-0.4, -0.2) is 56.2 Å². The Morgan fingerprint density at radius 2 is 1.58 bits per heavy atom. The number of alkyl halides is 3. The molecule has 1 spiro atoms. The number of rotatable bonds is 8. The van der Waals surface area contributed by atoms with E-state index in [1.165, 1.54) is 34.7 Å². The van der Waals surface area contributed by atoms with Gasteiger partial charge in [0.2, 0.25) is 5.91 Å². The van der Waals surface area contributed by atoms with Gasteiger partial charge in [-0.25, -0.2) is 0 Å². The summed E-state index contributed by atoms with van der Waals surface area (Å²) in [5, 5.41) is 3.04. The van der Waals surface area contributed by atoms with Crippen LogP contribution in [-0.2, 0) is 26.5 Å². The summed E-state index contributed by atoms with van der Waals surface area (Å²) < 4.78 is 49.0. The number of halogens is 3. The van der Waals surface area contributed by atoms with Crippen LogP contribution in [0.15, 0.2) is 84.9 Å². The minimum absolute atomic E-state index is 0.0626. The van der Waals surface area contributed by atoms with Crippen molar-refractivity contribution >= 4 is 17.5 Å². The molecule has 0 radical (unpaired) electrons. The van der Waals surface area contributed by atoms with Gasteiger partial charge < -0.3 is 19.9 Å². The number of hydrogen-bond donors (Lipinski definition) is 1. The van der Waals surface area contributed by atoms with Crippen molar-refractivity contribution in [3.63, 3.8) is 0 Å². The van der Waals surface area contributed by atoms with Crippen LogP contribution in [0, 0.1) is 5.41 Å². The molecule has 2 aliphatic rings. The van der Waals surface area contributed by atoms with E-state index in [1.807, 2.05) is 30.3 Å². The van der Waals surface area contributed by atoms with E-state index in [-0.39, 0.29) is 36.9 Å². The Morgan fingerprint density at radius 1 is 0.977 bits per heavy atom. The quantitative estimate of drug-likeness (QED) is 0.347. The van der Waals surface area contributed by atoms with Gasteiger partial charge in [-0.1, -0.05) is 78.9 Å². The highest BCUT2D eigenvalue weighted by Gasteiger charge is 2.64. The fourth-order valence-electron chi connectivity index (χ4n) is 6.92. The van der Waals surface area contributed by atoms with E-state index < -0.39 is 23.1 Å². The van der Waals surface area contributed by atoms with Crippen molar-refractivity contribution in [1.82, 2.24) is 10.2 Å². The number of benzene rings is 3. The van der Waals surface area contributed by atoms with E-state index in [2.05, 4.69) is 41.4 Å². The number of nitrogens with zero attached hydrogens (tertiary/aromatic N) is 2. The first-order valence-electron chi connectivity index (χ1n) is 14.8. The first-order valence-corrected chi connectivity index (χ1v) is 14.8. The topological polar surface area (TPSA) is 61.9 Å². The van der Waals surface area contributed by atoms with Gasteiger partial charge >= 0.3 is 6.18 Å². The molecule has 2 heterocycles. The van der Waals surface area contributed by atoms with E-state index in [4.69, 9.17) is 4.74 Å². The predicted octanol–water partition coefficient (Wildman–Crippen LogP) is 6.03. The molecule has 0 bridgehead atoms. The van der Waals surface area contributed by atoms with Crippen LogP contribution in [0.25, 0.3) is 0 Å². The van der Waals surface area contributed by atoms with Crippen LogP contribution < -0.4 is 10.2 Å². The molecule has 2 saturated heterocycles. The second kappa shape index (κ2) is 12.4. The minimum atomic E-state index is -4.97. The summed E-state index contributed by atoms with van der Waals surface area (Å²) in [5.74, 6) is -1.26. The molecule has 1 unspecified atom stereocenters. The van der Waals surface area contributed by atoms with Gasteiger partial charge in [0.05, 0.1) is 0 Å². The predicted molar refractivity (Wildman–Crippen MR) is 159 cm³/mol. The Morgan fingerprint density at radius 3 is 2.19 bits per heavy atom. The lowest BCUT2D eigenvalue weighted by molar-refractivity contribution is -0.271. The smallest absolute Gasteiger partial charge is 0.367 e. The van der Waals surface area contributed by atoms with Gasteiger partial charge in [-0.15, -0.1) is 0 Å². The Hall–Kier alpha value is -3.85. The molecular weight excluding hydrogens is 555 g/mol. The number of nitrogens with one attached hydrogen (secondary N) is 1. The van der Waals surface area contributed by atoms with Gasteiger partial charge in [-0.05, 0) is 42.4 Å². The fraction of sp³-hybridized carbons (Fsp3) is 0.412. The van der Waals surface area contributed by atoms with E-state index in [0.717, 1.165) is 31.5 Å². The SMILES string of the molecule is CCN(Cc1ccccc1)c1ccccc1C1CNC(=O)CC12CCN(C(=O)[C@](OC)(c1ccccc1)C(F)(F)F)CC2. The molecule has 3 aromatic rings. The molecular formula is C34H38F3N3O3. The maximum absolute atomic E-state index is 14.6. The number of carbonyl (C=O) groups excluding carboxylic acids is 2. The van der Waals surface area contributed by atoms with Gasteiger partial charge in [0.25, 0.3) is 11.5 Å². The van der Waals surface area contributed by atoms with Crippen LogP contribution in [0.2, 0.25) is 0 Å². The van der Waals surface area contributed by atoms with E-state index in [0.29, 0.717) is 19.4 Å². The standard InChI is InChI=1S/C34H38F3N3O3/c1-3-39(24-25-12-6-4-7-13-25)29-17-11-10-16-27(29)28-23-38-30(41)22-32(28)18-20-40(21-19-32)31(42)33(43-2,34(35,36)37)26-14-8-5-9-15-26/h4-17,28H,3,18-24H2,1-2H3,(H,38,41)/t28?,33-/m1/s1. The molecule has 1 N–H and O–H groups in total.